The lowest BCUT2D eigenvalue weighted by molar-refractivity contribution is 0.00856. The lowest BCUT2D eigenvalue weighted by Gasteiger charge is -2.25. The molecule has 2 unspecified atom stereocenters. The third-order valence-electron chi connectivity index (χ3n) is 3.63. The topological polar surface area (TPSA) is 34.1 Å². The van der Waals surface area contributed by atoms with Gasteiger partial charge in [0, 0.05) is 18.8 Å². The highest BCUT2D eigenvalue weighted by molar-refractivity contribution is 5.15. The Kier molecular flexibility index (Phi) is 5.73. The summed E-state index contributed by atoms with van der Waals surface area (Å²) in [7, 11) is 0. The molecule has 4 heteroatoms. The Balaban J connectivity index is 1.91. The van der Waals surface area contributed by atoms with Crippen LogP contribution in [0.2, 0.25) is 0 Å². The van der Waals surface area contributed by atoms with Crippen LogP contribution in [-0.4, -0.2) is 24.2 Å². The van der Waals surface area contributed by atoms with Crippen molar-refractivity contribution >= 4 is 0 Å². The summed E-state index contributed by atoms with van der Waals surface area (Å²) in [4.78, 5) is 3.94. The molecule has 1 N–H and O–H groups in total. The van der Waals surface area contributed by atoms with E-state index in [9.17, 15) is 4.39 Å². The molecular formula is C15H23FN2O. The van der Waals surface area contributed by atoms with Gasteiger partial charge in [0.25, 0.3) is 0 Å². The summed E-state index contributed by atoms with van der Waals surface area (Å²) in [5.74, 6) is -0.269. The molecule has 0 spiro atoms. The van der Waals surface area contributed by atoms with Crippen molar-refractivity contribution < 1.29 is 9.13 Å². The second kappa shape index (κ2) is 7.56. The summed E-state index contributed by atoms with van der Waals surface area (Å²) in [5.41, 5.74) is 0.928. The maximum atomic E-state index is 13.2. The van der Waals surface area contributed by atoms with Crippen LogP contribution in [0.15, 0.2) is 18.5 Å². The number of hydrogen-bond donors (Lipinski definition) is 1. The molecule has 0 saturated carbocycles. The van der Waals surface area contributed by atoms with Crippen LogP contribution < -0.4 is 5.32 Å². The quantitative estimate of drug-likeness (QED) is 0.858. The van der Waals surface area contributed by atoms with Crippen LogP contribution in [0.1, 0.15) is 50.6 Å². The van der Waals surface area contributed by atoms with Crippen LogP contribution in [0.3, 0.4) is 0 Å². The molecule has 1 aromatic rings. The maximum absolute atomic E-state index is 13.2. The fourth-order valence-electron chi connectivity index (χ4n) is 2.64. The van der Waals surface area contributed by atoms with Gasteiger partial charge in [-0.1, -0.05) is 6.92 Å². The monoisotopic (exact) mass is 266 g/mol. The van der Waals surface area contributed by atoms with Crippen molar-refractivity contribution in [3.63, 3.8) is 0 Å². The standard InChI is InChI=1S/C15H23FN2O/c1-2-18-15(12-9-13(16)11-17-10-12)7-6-14-5-3-4-8-19-14/h9-11,14-15,18H,2-8H2,1H3. The van der Waals surface area contributed by atoms with Crippen molar-refractivity contribution in [3.8, 4) is 0 Å². The van der Waals surface area contributed by atoms with Gasteiger partial charge in [-0.2, -0.15) is 0 Å². The molecule has 1 fully saturated rings. The van der Waals surface area contributed by atoms with Gasteiger partial charge in [0.1, 0.15) is 5.82 Å². The molecule has 0 aliphatic carbocycles. The Morgan fingerprint density at radius 2 is 2.37 bits per heavy atom. The molecule has 3 nitrogen and oxygen atoms in total. The Hall–Kier alpha value is -1.00. The molecule has 1 aromatic heterocycles. The predicted octanol–water partition coefficient (Wildman–Crippen LogP) is 3.22. The zero-order chi connectivity index (χ0) is 13.5. The first-order valence-electron chi connectivity index (χ1n) is 7.25. The highest BCUT2D eigenvalue weighted by Crippen LogP contribution is 2.23. The van der Waals surface area contributed by atoms with Crippen LogP contribution in [0.4, 0.5) is 4.39 Å². The van der Waals surface area contributed by atoms with E-state index >= 15 is 0 Å². The second-order valence-corrected chi connectivity index (χ2v) is 5.11. The van der Waals surface area contributed by atoms with Gasteiger partial charge in [-0.3, -0.25) is 4.98 Å². The number of halogens is 1. The van der Waals surface area contributed by atoms with Gasteiger partial charge >= 0.3 is 0 Å². The summed E-state index contributed by atoms with van der Waals surface area (Å²) in [6, 6.07) is 1.74. The van der Waals surface area contributed by atoms with E-state index in [0.717, 1.165) is 38.0 Å². The lowest BCUT2D eigenvalue weighted by atomic mass is 9.98. The van der Waals surface area contributed by atoms with Crippen LogP contribution in [-0.2, 0) is 4.74 Å². The number of ether oxygens (including phenoxy) is 1. The summed E-state index contributed by atoms with van der Waals surface area (Å²) in [6.45, 7) is 3.82. The van der Waals surface area contributed by atoms with Crippen LogP contribution in [0.25, 0.3) is 0 Å². The predicted molar refractivity (Wildman–Crippen MR) is 73.4 cm³/mol. The molecule has 0 aromatic carbocycles. The Morgan fingerprint density at radius 3 is 3.05 bits per heavy atom. The van der Waals surface area contributed by atoms with Crippen molar-refractivity contribution in [2.45, 2.75) is 51.2 Å². The third-order valence-corrected chi connectivity index (χ3v) is 3.63. The molecule has 19 heavy (non-hydrogen) atoms. The van der Waals surface area contributed by atoms with Crippen LogP contribution >= 0.6 is 0 Å². The van der Waals surface area contributed by atoms with Gasteiger partial charge < -0.3 is 10.1 Å². The zero-order valence-corrected chi connectivity index (χ0v) is 11.6. The first-order chi connectivity index (χ1) is 9.29. The molecule has 0 radical (unpaired) electrons. The van der Waals surface area contributed by atoms with E-state index in [1.54, 1.807) is 12.3 Å². The van der Waals surface area contributed by atoms with Gasteiger partial charge in [0.05, 0.1) is 12.3 Å². The first kappa shape index (κ1) is 14.4. The SMILES string of the molecule is CCNC(CCC1CCCCO1)c1cncc(F)c1. The number of nitrogens with zero attached hydrogens (tertiary/aromatic N) is 1. The fraction of sp³-hybridized carbons (Fsp3) is 0.667. The van der Waals surface area contributed by atoms with E-state index in [0.29, 0.717) is 6.10 Å². The largest absolute Gasteiger partial charge is 0.378 e. The Labute approximate surface area is 114 Å². The van der Waals surface area contributed by atoms with Crippen molar-refractivity contribution in [2.24, 2.45) is 0 Å². The maximum Gasteiger partial charge on any atom is 0.141 e. The van der Waals surface area contributed by atoms with Crippen molar-refractivity contribution in [1.29, 1.82) is 0 Å². The summed E-state index contributed by atoms with van der Waals surface area (Å²) in [6.07, 6.45) is 8.95. The van der Waals surface area contributed by atoms with E-state index in [1.165, 1.54) is 19.0 Å². The van der Waals surface area contributed by atoms with Gasteiger partial charge in [-0.05, 0) is 50.3 Å². The fourth-order valence-corrected chi connectivity index (χ4v) is 2.64. The van der Waals surface area contributed by atoms with Crippen molar-refractivity contribution in [3.05, 3.63) is 29.8 Å². The number of aromatic nitrogens is 1. The van der Waals surface area contributed by atoms with Gasteiger partial charge in [-0.25, -0.2) is 4.39 Å². The van der Waals surface area contributed by atoms with Gasteiger partial charge in [0.2, 0.25) is 0 Å². The number of nitrogens with one attached hydrogen (secondary N) is 1. The van der Waals surface area contributed by atoms with Crippen LogP contribution in [0.5, 0.6) is 0 Å². The number of rotatable bonds is 6. The highest BCUT2D eigenvalue weighted by Gasteiger charge is 2.17. The minimum Gasteiger partial charge on any atom is -0.378 e. The third kappa shape index (κ3) is 4.55. The summed E-state index contributed by atoms with van der Waals surface area (Å²) < 4.78 is 19.0. The van der Waals surface area contributed by atoms with E-state index in [-0.39, 0.29) is 11.9 Å². The lowest BCUT2D eigenvalue weighted by Crippen LogP contribution is -2.25. The van der Waals surface area contributed by atoms with E-state index in [1.807, 2.05) is 0 Å². The van der Waals surface area contributed by atoms with Crippen LogP contribution in [0, 0.1) is 5.82 Å². The Bertz CT molecular complexity index is 380. The smallest absolute Gasteiger partial charge is 0.141 e. The van der Waals surface area contributed by atoms with E-state index in [4.69, 9.17) is 4.74 Å². The first-order valence-corrected chi connectivity index (χ1v) is 7.25. The van der Waals surface area contributed by atoms with Gasteiger partial charge in [-0.15, -0.1) is 0 Å². The van der Waals surface area contributed by atoms with Crippen molar-refractivity contribution in [1.82, 2.24) is 10.3 Å². The molecule has 2 rings (SSSR count). The van der Waals surface area contributed by atoms with Crippen molar-refractivity contribution in [2.75, 3.05) is 13.2 Å². The molecule has 1 saturated heterocycles. The average Bonchev–Trinajstić information content (AvgIpc) is 2.44. The number of pyridine rings is 1. The molecule has 1 aliphatic heterocycles. The summed E-state index contributed by atoms with van der Waals surface area (Å²) >= 11 is 0. The minimum absolute atomic E-state index is 0.165. The van der Waals surface area contributed by atoms with E-state index < -0.39 is 0 Å². The minimum atomic E-state index is -0.269. The molecule has 1 aliphatic rings. The molecule has 2 heterocycles. The zero-order valence-electron chi connectivity index (χ0n) is 11.6. The van der Waals surface area contributed by atoms with Gasteiger partial charge in [0.15, 0.2) is 0 Å². The van der Waals surface area contributed by atoms with E-state index in [2.05, 4.69) is 17.2 Å². The molecule has 0 bridgehead atoms. The average molecular weight is 266 g/mol. The highest BCUT2D eigenvalue weighted by atomic mass is 19.1. The molecular weight excluding hydrogens is 243 g/mol. The summed E-state index contributed by atoms with van der Waals surface area (Å²) in [5, 5.41) is 3.40. The number of hydrogen-bond acceptors (Lipinski definition) is 3. The Morgan fingerprint density at radius 1 is 1.47 bits per heavy atom. The normalized spacial score (nSPS) is 21.3. The molecule has 2 atom stereocenters. The molecule has 0 amide bonds. The molecule has 106 valence electrons. The second-order valence-electron chi connectivity index (χ2n) is 5.11.